The van der Waals surface area contributed by atoms with Crippen LogP contribution in [0.3, 0.4) is 0 Å². The van der Waals surface area contributed by atoms with E-state index in [0.29, 0.717) is 12.8 Å². The number of hydrogen-bond donors (Lipinski definition) is 3. The van der Waals surface area contributed by atoms with Gasteiger partial charge in [0, 0.05) is 74.0 Å². The fourth-order valence-electron chi connectivity index (χ4n) is 7.64. The fraction of sp³-hybridized carbons (Fsp3) is 0.592. The average molecular weight is 819 g/mol. The molecule has 0 fully saturated rings. The van der Waals surface area contributed by atoms with Crippen molar-refractivity contribution in [3.05, 3.63) is 72.1 Å². The van der Waals surface area contributed by atoms with E-state index in [-0.39, 0.29) is 26.7 Å². The number of carbonyl (C=O) groups is 4. The number of benzene rings is 2. The lowest BCUT2D eigenvalue weighted by atomic mass is 10.1. The van der Waals surface area contributed by atoms with Crippen molar-refractivity contribution in [1.29, 1.82) is 0 Å². The number of para-hydroxylation sites is 2. The molecule has 2 aromatic carbocycles. The molecular formula is C49H78N4O6. The van der Waals surface area contributed by atoms with Crippen LogP contribution in [0.2, 0.25) is 0 Å². The molecule has 2 atom stereocenters. The first-order chi connectivity index (χ1) is 27.6. The van der Waals surface area contributed by atoms with Crippen LogP contribution in [0, 0.1) is 0 Å². The first kappa shape index (κ1) is 52.4. The van der Waals surface area contributed by atoms with Crippen LogP contribution in [-0.4, -0.2) is 57.2 Å². The van der Waals surface area contributed by atoms with Crippen molar-refractivity contribution in [2.45, 2.75) is 183 Å². The highest BCUT2D eigenvalue weighted by molar-refractivity contribution is 5.88. The molecule has 0 radical (unpaired) electrons. The summed E-state index contributed by atoms with van der Waals surface area (Å²) in [7, 11) is 1.35. The lowest BCUT2D eigenvalue weighted by molar-refractivity contribution is -0.144. The Bertz CT molecular complexity index is 1810. The average Bonchev–Trinajstić information content (AvgIpc) is 3.73. The molecule has 4 rings (SSSR count). The SMILES string of the molecule is C.C.CCCCCCCCCCn1cc(CC(NC(C)=O)C(=O)O)c2ccccc21.CCCCCCCCCCn1cc(CC(NC(C)=O)C(=O)OC)c2ccccc21. The first-order valence-electron chi connectivity index (χ1n) is 21.6. The van der Waals surface area contributed by atoms with Gasteiger partial charge < -0.3 is 29.6 Å². The van der Waals surface area contributed by atoms with Gasteiger partial charge in [0.25, 0.3) is 0 Å². The van der Waals surface area contributed by atoms with Gasteiger partial charge in [0.1, 0.15) is 12.1 Å². The van der Waals surface area contributed by atoms with Crippen molar-refractivity contribution in [3.63, 3.8) is 0 Å². The largest absolute Gasteiger partial charge is 0.480 e. The number of nitrogens with one attached hydrogen (secondary N) is 2. The second kappa shape index (κ2) is 29.6. The number of carbonyl (C=O) groups excluding carboxylic acids is 3. The summed E-state index contributed by atoms with van der Waals surface area (Å²) in [6, 6.07) is 14.8. The van der Waals surface area contributed by atoms with Gasteiger partial charge in [0.15, 0.2) is 0 Å². The summed E-state index contributed by atoms with van der Waals surface area (Å²) < 4.78 is 9.38. The van der Waals surface area contributed by atoms with E-state index < -0.39 is 24.0 Å². The third kappa shape index (κ3) is 18.5. The van der Waals surface area contributed by atoms with Crippen molar-refractivity contribution < 1.29 is 29.0 Å². The number of fused-ring (bicyclic) bond motifs is 2. The summed E-state index contributed by atoms with van der Waals surface area (Å²) in [6.45, 7) is 9.17. The monoisotopic (exact) mass is 819 g/mol. The Morgan fingerprint density at radius 2 is 0.932 bits per heavy atom. The van der Waals surface area contributed by atoms with E-state index in [1.807, 2.05) is 30.3 Å². The molecule has 3 N–H and O–H groups in total. The molecule has 2 aromatic heterocycles. The number of esters is 1. The Morgan fingerprint density at radius 1 is 0.576 bits per heavy atom. The summed E-state index contributed by atoms with van der Waals surface area (Å²) in [5.74, 6) is -1.98. The highest BCUT2D eigenvalue weighted by Gasteiger charge is 2.23. The molecule has 0 bridgehead atoms. The Hall–Kier alpha value is -4.60. The second-order valence-corrected chi connectivity index (χ2v) is 15.5. The molecule has 2 unspecified atom stereocenters. The lowest BCUT2D eigenvalue weighted by Gasteiger charge is -2.14. The zero-order valence-electron chi connectivity index (χ0n) is 35.5. The molecule has 0 aliphatic heterocycles. The van der Waals surface area contributed by atoms with Gasteiger partial charge in [-0.1, -0.05) is 155 Å². The fourth-order valence-corrected chi connectivity index (χ4v) is 7.64. The third-order valence-electron chi connectivity index (χ3n) is 10.6. The van der Waals surface area contributed by atoms with E-state index in [1.165, 1.54) is 116 Å². The lowest BCUT2D eigenvalue weighted by Crippen LogP contribution is -2.41. The van der Waals surface area contributed by atoms with Gasteiger partial charge in [-0.15, -0.1) is 0 Å². The molecule has 0 saturated heterocycles. The van der Waals surface area contributed by atoms with Gasteiger partial charge in [-0.2, -0.15) is 0 Å². The minimum atomic E-state index is -1.00. The van der Waals surface area contributed by atoms with Crippen LogP contribution >= 0.6 is 0 Å². The Morgan fingerprint density at radius 3 is 1.31 bits per heavy atom. The maximum Gasteiger partial charge on any atom is 0.328 e. The van der Waals surface area contributed by atoms with Crippen molar-refractivity contribution in [2.24, 2.45) is 0 Å². The Kier molecular flexibility index (Phi) is 26.3. The maximum absolute atomic E-state index is 12.1. The van der Waals surface area contributed by atoms with E-state index in [4.69, 9.17) is 4.74 Å². The topological polar surface area (TPSA) is 132 Å². The summed E-state index contributed by atoms with van der Waals surface area (Å²) in [4.78, 5) is 46.4. The summed E-state index contributed by atoms with van der Waals surface area (Å²) in [5.41, 5.74) is 4.34. The number of nitrogens with zero attached hydrogens (tertiary/aromatic N) is 2. The number of methoxy groups -OCH3 is 1. The van der Waals surface area contributed by atoms with Crippen LogP contribution < -0.4 is 10.6 Å². The number of carboxylic acid groups (broad SMARTS) is 1. The minimum Gasteiger partial charge on any atom is -0.480 e. The number of ether oxygens (including phenoxy) is 1. The number of aryl methyl sites for hydroxylation is 2. The maximum atomic E-state index is 12.1. The molecule has 0 aliphatic rings. The van der Waals surface area contributed by atoms with Gasteiger partial charge in [0.05, 0.1) is 7.11 Å². The summed E-state index contributed by atoms with van der Waals surface area (Å²) in [5, 5.41) is 16.9. The van der Waals surface area contributed by atoms with E-state index >= 15 is 0 Å². The molecule has 10 nitrogen and oxygen atoms in total. The first-order valence-corrected chi connectivity index (χ1v) is 21.6. The van der Waals surface area contributed by atoms with Gasteiger partial charge in [-0.05, 0) is 36.1 Å². The van der Waals surface area contributed by atoms with Crippen LogP contribution in [0.4, 0.5) is 0 Å². The number of aromatic nitrogens is 2. The zero-order valence-corrected chi connectivity index (χ0v) is 35.5. The van der Waals surface area contributed by atoms with Gasteiger partial charge >= 0.3 is 11.9 Å². The van der Waals surface area contributed by atoms with E-state index in [9.17, 15) is 24.3 Å². The Labute approximate surface area is 355 Å². The number of rotatable bonds is 26. The number of unbranched alkanes of at least 4 members (excludes halogenated alkanes) is 14. The third-order valence-corrected chi connectivity index (χ3v) is 10.6. The molecule has 0 spiro atoms. The van der Waals surface area contributed by atoms with E-state index in [2.05, 4.69) is 64.2 Å². The molecule has 0 aliphatic carbocycles. The number of hydrogen-bond acceptors (Lipinski definition) is 5. The predicted molar refractivity (Wildman–Crippen MR) is 245 cm³/mol. The highest BCUT2D eigenvalue weighted by Crippen LogP contribution is 2.25. The normalized spacial score (nSPS) is 11.7. The van der Waals surface area contributed by atoms with Crippen LogP contribution in [0.25, 0.3) is 21.8 Å². The van der Waals surface area contributed by atoms with E-state index in [0.717, 1.165) is 53.3 Å². The molecule has 4 aromatic rings. The standard InChI is InChI=1S/C24H36N2O3.C23H34N2O3.2CH4/c1-4-5-6-7-8-9-10-13-16-26-18-20(21-14-11-12-15-23(21)26)17-22(24(28)29-3)25-19(2)27;1-3-4-5-6-7-8-9-12-15-25-17-19(20-13-10-11-14-22(20)25)16-21(23(27)28)24-18(2)26;;/h11-12,14-15,18,22H,4-10,13,16-17H2,1-3H3,(H,25,27);10-11,13-14,17,21H,3-9,12,15-16H2,1-2H3,(H,24,26)(H,27,28);2*1H4. The Balaban J connectivity index is 0.000000571. The summed E-state index contributed by atoms with van der Waals surface area (Å²) >= 11 is 0. The molecule has 2 amide bonds. The van der Waals surface area contributed by atoms with Crippen LogP contribution in [0.1, 0.15) is 156 Å². The zero-order chi connectivity index (χ0) is 41.4. The van der Waals surface area contributed by atoms with Gasteiger partial charge in [-0.3, -0.25) is 9.59 Å². The predicted octanol–water partition coefficient (Wildman–Crippen LogP) is 11.2. The molecule has 330 valence electrons. The number of aliphatic carboxylic acids is 1. The second-order valence-electron chi connectivity index (χ2n) is 15.5. The smallest absolute Gasteiger partial charge is 0.328 e. The quantitative estimate of drug-likeness (QED) is 0.0427. The molecule has 2 heterocycles. The molecular weight excluding hydrogens is 741 g/mol. The van der Waals surface area contributed by atoms with Crippen molar-refractivity contribution in [2.75, 3.05) is 7.11 Å². The number of amides is 2. The number of carboxylic acids is 1. The minimum absolute atomic E-state index is 0. The van der Waals surface area contributed by atoms with Gasteiger partial charge in [0.2, 0.25) is 11.8 Å². The van der Waals surface area contributed by atoms with Crippen molar-refractivity contribution in [3.8, 4) is 0 Å². The van der Waals surface area contributed by atoms with Crippen molar-refractivity contribution >= 4 is 45.6 Å². The molecule has 59 heavy (non-hydrogen) atoms. The molecule has 0 saturated carbocycles. The van der Waals surface area contributed by atoms with Gasteiger partial charge in [-0.25, -0.2) is 9.59 Å². The van der Waals surface area contributed by atoms with Crippen molar-refractivity contribution in [1.82, 2.24) is 19.8 Å². The highest BCUT2D eigenvalue weighted by atomic mass is 16.5. The van der Waals surface area contributed by atoms with Crippen LogP contribution in [-0.2, 0) is 49.8 Å². The van der Waals surface area contributed by atoms with E-state index in [1.54, 1.807) is 0 Å². The van der Waals surface area contributed by atoms with Crippen LogP contribution in [0.5, 0.6) is 0 Å². The van der Waals surface area contributed by atoms with Crippen LogP contribution in [0.15, 0.2) is 60.9 Å². The summed E-state index contributed by atoms with van der Waals surface area (Å²) in [6.07, 6.45) is 25.5. The molecule has 10 heteroatoms.